The Hall–Kier alpha value is -1.33. The van der Waals surface area contributed by atoms with Gasteiger partial charge in [-0.05, 0) is 35.8 Å². The molecular weight excluding hydrogens is 216 g/mol. The van der Waals surface area contributed by atoms with Crippen LogP contribution in [0.1, 0.15) is 12.0 Å². The molecule has 1 heterocycles. The van der Waals surface area contributed by atoms with Crippen LogP contribution in [0.4, 0.5) is 0 Å². The van der Waals surface area contributed by atoms with Crippen LogP contribution in [0.25, 0.3) is 5.57 Å². The van der Waals surface area contributed by atoms with E-state index in [1.165, 1.54) is 12.1 Å². The molecule has 80 valence electrons. The third-order valence-electron chi connectivity index (χ3n) is 2.30. The van der Waals surface area contributed by atoms with E-state index >= 15 is 0 Å². The fourth-order valence-electron chi connectivity index (χ4n) is 1.64. The van der Waals surface area contributed by atoms with Gasteiger partial charge in [0.2, 0.25) is 9.84 Å². The molecule has 0 bridgehead atoms. The zero-order chi connectivity index (χ0) is 11.1. The van der Waals surface area contributed by atoms with E-state index in [0.29, 0.717) is 17.6 Å². The van der Waals surface area contributed by atoms with Crippen LogP contribution in [0.3, 0.4) is 0 Å². The number of aromatic hydroxyl groups is 1. The molecule has 1 aliphatic rings. The molecule has 0 amide bonds. The van der Waals surface area contributed by atoms with Gasteiger partial charge in [-0.2, -0.15) is 0 Å². The zero-order valence-corrected chi connectivity index (χ0v) is 8.66. The molecule has 0 aromatic heterocycles. The van der Waals surface area contributed by atoms with E-state index in [1.54, 1.807) is 6.07 Å². The molecule has 15 heavy (non-hydrogen) atoms. The number of aliphatic hydroxyl groups excluding tert-OH is 1. The second-order valence-corrected chi connectivity index (χ2v) is 5.11. The third-order valence-corrected chi connectivity index (χ3v) is 3.84. The molecule has 0 aliphatic carbocycles. The van der Waals surface area contributed by atoms with Crippen LogP contribution < -0.4 is 0 Å². The van der Waals surface area contributed by atoms with Crippen LogP contribution in [-0.4, -0.2) is 25.2 Å². The molecular formula is C10H10O4S. The molecule has 2 rings (SSSR count). The van der Waals surface area contributed by atoms with Gasteiger partial charge in [-0.3, -0.25) is 0 Å². The summed E-state index contributed by atoms with van der Waals surface area (Å²) in [7, 11) is -3.43. The van der Waals surface area contributed by atoms with E-state index in [2.05, 4.69) is 0 Å². The molecule has 1 aliphatic heterocycles. The normalized spacial score (nSPS) is 17.3. The summed E-state index contributed by atoms with van der Waals surface area (Å²) in [5.41, 5.74) is 1.16. The van der Waals surface area contributed by atoms with E-state index in [0.717, 1.165) is 5.41 Å². The van der Waals surface area contributed by atoms with Crippen molar-refractivity contribution in [2.75, 3.05) is 6.61 Å². The lowest BCUT2D eigenvalue weighted by atomic mass is 10.1. The predicted molar refractivity (Wildman–Crippen MR) is 55.0 cm³/mol. The number of phenolic OH excluding ortho intramolecular Hbond substituents is 1. The van der Waals surface area contributed by atoms with Crippen LogP contribution in [-0.2, 0) is 9.84 Å². The Morgan fingerprint density at radius 3 is 2.67 bits per heavy atom. The Labute approximate surface area is 87.4 Å². The number of benzene rings is 1. The van der Waals surface area contributed by atoms with Crippen molar-refractivity contribution in [1.29, 1.82) is 0 Å². The maximum atomic E-state index is 11.6. The van der Waals surface area contributed by atoms with E-state index in [9.17, 15) is 13.5 Å². The summed E-state index contributed by atoms with van der Waals surface area (Å²) in [6.45, 7) is -0.0956. The molecule has 0 atom stereocenters. The smallest absolute Gasteiger partial charge is 0.200 e. The van der Waals surface area contributed by atoms with Crippen molar-refractivity contribution >= 4 is 15.4 Å². The Balaban J connectivity index is 2.62. The topological polar surface area (TPSA) is 74.6 Å². The minimum absolute atomic E-state index is 0.0732. The molecule has 2 N–H and O–H groups in total. The Morgan fingerprint density at radius 1 is 1.27 bits per heavy atom. The first-order valence-electron chi connectivity index (χ1n) is 4.44. The van der Waals surface area contributed by atoms with E-state index in [4.69, 9.17) is 5.11 Å². The monoisotopic (exact) mass is 226 g/mol. The molecule has 5 heteroatoms. The van der Waals surface area contributed by atoms with Gasteiger partial charge in [0.15, 0.2) is 0 Å². The average molecular weight is 226 g/mol. The first-order valence-corrected chi connectivity index (χ1v) is 5.99. The summed E-state index contributed by atoms with van der Waals surface area (Å²) in [6.07, 6.45) is 0.303. The summed E-state index contributed by atoms with van der Waals surface area (Å²) in [5, 5.41) is 19.1. The number of hydrogen-bond donors (Lipinski definition) is 2. The maximum absolute atomic E-state index is 11.6. The second kappa shape index (κ2) is 3.36. The van der Waals surface area contributed by atoms with Gasteiger partial charge in [0.05, 0.1) is 4.90 Å². The number of rotatable bonds is 2. The molecule has 4 nitrogen and oxygen atoms in total. The van der Waals surface area contributed by atoms with Gasteiger partial charge in [0, 0.05) is 12.0 Å². The van der Waals surface area contributed by atoms with Gasteiger partial charge in [-0.25, -0.2) is 8.42 Å². The van der Waals surface area contributed by atoms with E-state index < -0.39 is 9.84 Å². The Morgan fingerprint density at radius 2 is 2.00 bits per heavy atom. The Bertz CT molecular complexity index is 528. The number of sulfone groups is 1. The van der Waals surface area contributed by atoms with Crippen molar-refractivity contribution in [3.05, 3.63) is 29.2 Å². The SMILES string of the molecule is O=S1(=O)C=C(CCO)c2ccc(O)cc21. The molecule has 0 unspecified atom stereocenters. The van der Waals surface area contributed by atoms with Gasteiger partial charge < -0.3 is 10.2 Å². The molecule has 0 radical (unpaired) electrons. The fraction of sp³-hybridized carbons (Fsp3) is 0.200. The van der Waals surface area contributed by atoms with Crippen LogP contribution >= 0.6 is 0 Å². The highest BCUT2D eigenvalue weighted by Crippen LogP contribution is 2.36. The highest BCUT2D eigenvalue weighted by Gasteiger charge is 2.26. The van der Waals surface area contributed by atoms with Crippen molar-refractivity contribution < 1.29 is 18.6 Å². The molecule has 0 fully saturated rings. The molecule has 1 aromatic rings. The minimum atomic E-state index is -3.43. The first kappa shape index (κ1) is 10.2. The van der Waals surface area contributed by atoms with Crippen molar-refractivity contribution in [3.63, 3.8) is 0 Å². The summed E-state index contributed by atoms with van der Waals surface area (Å²) >= 11 is 0. The van der Waals surface area contributed by atoms with Gasteiger partial charge in [-0.15, -0.1) is 0 Å². The lowest BCUT2D eigenvalue weighted by molar-refractivity contribution is 0.305. The van der Waals surface area contributed by atoms with E-state index in [-0.39, 0.29) is 17.3 Å². The molecule has 0 spiro atoms. The average Bonchev–Trinajstić information content (AvgIpc) is 2.39. The Kier molecular flexibility index (Phi) is 2.28. The zero-order valence-electron chi connectivity index (χ0n) is 7.84. The number of hydrogen-bond acceptors (Lipinski definition) is 4. The van der Waals surface area contributed by atoms with Crippen molar-refractivity contribution in [1.82, 2.24) is 0 Å². The van der Waals surface area contributed by atoms with Gasteiger partial charge >= 0.3 is 0 Å². The van der Waals surface area contributed by atoms with Gasteiger partial charge in [-0.1, -0.05) is 0 Å². The highest BCUT2D eigenvalue weighted by atomic mass is 32.2. The number of aliphatic hydroxyl groups is 1. The van der Waals surface area contributed by atoms with Crippen LogP contribution in [0.5, 0.6) is 5.75 Å². The molecule has 0 saturated heterocycles. The molecule has 1 aromatic carbocycles. The summed E-state index contributed by atoms with van der Waals surface area (Å²) in [6, 6.07) is 4.22. The highest BCUT2D eigenvalue weighted by molar-refractivity contribution is 7.95. The fourth-order valence-corrected chi connectivity index (χ4v) is 3.18. The minimum Gasteiger partial charge on any atom is -0.508 e. The van der Waals surface area contributed by atoms with Crippen LogP contribution in [0.15, 0.2) is 28.5 Å². The maximum Gasteiger partial charge on any atom is 0.200 e. The first-order chi connectivity index (χ1) is 7.04. The summed E-state index contributed by atoms with van der Waals surface area (Å²) < 4.78 is 23.2. The van der Waals surface area contributed by atoms with Crippen molar-refractivity contribution in [2.45, 2.75) is 11.3 Å². The van der Waals surface area contributed by atoms with Crippen LogP contribution in [0.2, 0.25) is 0 Å². The third kappa shape index (κ3) is 1.64. The van der Waals surface area contributed by atoms with Gasteiger partial charge in [0.1, 0.15) is 5.75 Å². The standard InChI is InChI=1S/C10H10O4S/c11-4-3-7-6-15(13,14)10-5-8(12)1-2-9(7)10/h1-2,5-6,11-12H,3-4H2. The predicted octanol–water partition coefficient (Wildman–Crippen LogP) is 0.903. The van der Waals surface area contributed by atoms with Crippen LogP contribution in [0, 0.1) is 0 Å². The molecule has 0 saturated carbocycles. The number of phenols is 1. The van der Waals surface area contributed by atoms with Crippen molar-refractivity contribution in [3.8, 4) is 5.75 Å². The van der Waals surface area contributed by atoms with Crippen molar-refractivity contribution in [2.24, 2.45) is 0 Å². The second-order valence-electron chi connectivity index (χ2n) is 3.34. The van der Waals surface area contributed by atoms with Gasteiger partial charge in [0.25, 0.3) is 0 Å². The summed E-state index contributed by atoms with van der Waals surface area (Å²) in [4.78, 5) is 0.117. The lowest BCUT2D eigenvalue weighted by Crippen LogP contribution is -1.92. The van der Waals surface area contributed by atoms with E-state index in [1.807, 2.05) is 0 Å². The lowest BCUT2D eigenvalue weighted by Gasteiger charge is -2.02. The largest absolute Gasteiger partial charge is 0.508 e. The number of fused-ring (bicyclic) bond motifs is 1. The summed E-state index contributed by atoms with van der Waals surface area (Å²) in [5.74, 6) is -0.0732. The quantitative estimate of drug-likeness (QED) is 0.785.